The number of carbonyl (C=O) groups excluding carboxylic acids is 2. The van der Waals surface area contributed by atoms with Gasteiger partial charge in [-0.1, -0.05) is 25.0 Å². The maximum Gasteiger partial charge on any atom is 0.261 e. The molecule has 2 saturated heterocycles. The third kappa shape index (κ3) is 8.27. The number of carbonyl (C=O) groups is 2. The van der Waals surface area contributed by atoms with Gasteiger partial charge in [0.1, 0.15) is 5.82 Å². The minimum absolute atomic E-state index is 0.0198. The maximum atomic E-state index is 13.6. The van der Waals surface area contributed by atoms with Crippen LogP contribution in [0.1, 0.15) is 82.0 Å². The van der Waals surface area contributed by atoms with Gasteiger partial charge in [-0.15, -0.1) is 0 Å². The van der Waals surface area contributed by atoms with Crippen molar-refractivity contribution in [3.8, 4) is 0 Å². The molecule has 9 heteroatoms. The molecule has 0 bridgehead atoms. The zero-order chi connectivity index (χ0) is 31.0. The van der Waals surface area contributed by atoms with E-state index in [9.17, 15) is 14.4 Å². The van der Waals surface area contributed by atoms with Crippen LogP contribution in [0.3, 0.4) is 0 Å². The Morgan fingerprint density at radius 1 is 0.711 bits per heavy atom. The summed E-state index contributed by atoms with van der Waals surface area (Å²) in [4.78, 5) is 48.6. The van der Waals surface area contributed by atoms with Gasteiger partial charge in [0.15, 0.2) is 0 Å². The zero-order valence-electron chi connectivity index (χ0n) is 26.4. The van der Waals surface area contributed by atoms with Crippen LogP contribution in [0.25, 0.3) is 22.6 Å². The number of piperidine rings is 2. The van der Waals surface area contributed by atoms with E-state index < -0.39 is 0 Å². The topological polar surface area (TPSA) is 99.6 Å². The highest BCUT2D eigenvalue weighted by atomic mass is 16.2. The molecule has 3 aliphatic rings. The van der Waals surface area contributed by atoms with Crippen LogP contribution in [0, 0.1) is 0 Å². The van der Waals surface area contributed by atoms with E-state index in [1.165, 1.54) is 38.5 Å². The van der Waals surface area contributed by atoms with Crippen molar-refractivity contribution < 1.29 is 9.59 Å². The molecule has 4 heterocycles. The molecular weight excluding hydrogens is 564 g/mol. The molecule has 2 N–H and O–H groups in total. The minimum atomic E-state index is -0.0478. The van der Waals surface area contributed by atoms with Gasteiger partial charge in [0, 0.05) is 43.9 Å². The second kappa shape index (κ2) is 15.0. The number of amides is 2. The van der Waals surface area contributed by atoms with Gasteiger partial charge in [-0.2, -0.15) is 0 Å². The molecular formula is C36H46N6O3. The summed E-state index contributed by atoms with van der Waals surface area (Å²) in [5, 5.41) is 6.61. The number of anilines is 2. The predicted octanol–water partition coefficient (Wildman–Crippen LogP) is 5.75. The molecule has 3 aromatic rings. The van der Waals surface area contributed by atoms with Crippen molar-refractivity contribution in [1.82, 2.24) is 19.4 Å². The summed E-state index contributed by atoms with van der Waals surface area (Å²) in [6, 6.07) is 13.3. The van der Waals surface area contributed by atoms with Gasteiger partial charge in [-0.3, -0.25) is 19.0 Å². The second-order valence-corrected chi connectivity index (χ2v) is 12.8. The van der Waals surface area contributed by atoms with Gasteiger partial charge in [-0.05, 0) is 119 Å². The van der Waals surface area contributed by atoms with Gasteiger partial charge in [0.05, 0.1) is 10.9 Å². The Morgan fingerprint density at radius 3 is 1.93 bits per heavy atom. The third-order valence-corrected chi connectivity index (χ3v) is 9.35. The average molecular weight is 611 g/mol. The van der Waals surface area contributed by atoms with Crippen molar-refractivity contribution in [3.63, 3.8) is 0 Å². The average Bonchev–Trinajstić information content (AvgIpc) is 3.27. The first kappa shape index (κ1) is 31.2. The Hall–Kier alpha value is -3.82. The van der Waals surface area contributed by atoms with Crippen molar-refractivity contribution in [1.29, 1.82) is 0 Å². The highest BCUT2D eigenvalue weighted by Crippen LogP contribution is 2.28. The number of nitrogens with zero attached hydrogens (tertiary/aromatic N) is 4. The number of benzene rings is 2. The molecule has 9 nitrogen and oxygen atoms in total. The number of hydrogen-bond acceptors (Lipinski definition) is 6. The van der Waals surface area contributed by atoms with Crippen molar-refractivity contribution in [2.45, 2.75) is 77.2 Å². The molecule has 0 atom stereocenters. The number of nitrogens with one attached hydrogen (secondary N) is 2. The summed E-state index contributed by atoms with van der Waals surface area (Å²) in [7, 11) is 0. The van der Waals surface area contributed by atoms with Crippen LogP contribution in [0.2, 0.25) is 0 Å². The van der Waals surface area contributed by atoms with Gasteiger partial charge >= 0.3 is 0 Å². The molecule has 45 heavy (non-hydrogen) atoms. The van der Waals surface area contributed by atoms with E-state index in [2.05, 4.69) is 26.5 Å². The SMILES string of the molecule is O=C(CCN1CCCCC1)Nc1ccc(/C=C2\CCCCn3c2nc2cc(NC(=O)CCN4CCCCC4)ccc2c3=O)cc1. The normalized spacial score (nSPS) is 18.8. The first-order valence-electron chi connectivity index (χ1n) is 16.9. The molecule has 1 aromatic heterocycles. The van der Waals surface area contributed by atoms with Crippen LogP contribution in [-0.4, -0.2) is 70.4 Å². The van der Waals surface area contributed by atoms with Crippen molar-refractivity contribution >= 4 is 45.7 Å². The summed E-state index contributed by atoms with van der Waals surface area (Å²) >= 11 is 0. The quantitative estimate of drug-likeness (QED) is 0.320. The Labute approximate surface area is 265 Å². The highest BCUT2D eigenvalue weighted by molar-refractivity contribution is 5.94. The lowest BCUT2D eigenvalue weighted by Crippen LogP contribution is -2.32. The molecule has 6 rings (SSSR count). The van der Waals surface area contributed by atoms with E-state index in [0.29, 0.717) is 41.8 Å². The molecule has 2 fully saturated rings. The fourth-order valence-electron chi connectivity index (χ4n) is 6.78. The minimum Gasteiger partial charge on any atom is -0.326 e. The molecule has 0 unspecified atom stereocenters. The highest BCUT2D eigenvalue weighted by Gasteiger charge is 2.19. The number of allylic oxidation sites excluding steroid dienone is 1. The molecule has 0 saturated carbocycles. The molecule has 2 aromatic carbocycles. The first-order chi connectivity index (χ1) is 22.0. The number of fused-ring (bicyclic) bond motifs is 2. The molecule has 0 spiro atoms. The lowest BCUT2D eigenvalue weighted by molar-refractivity contribution is -0.117. The van der Waals surface area contributed by atoms with E-state index in [1.807, 2.05) is 30.3 Å². The van der Waals surface area contributed by atoms with E-state index in [4.69, 9.17) is 4.98 Å². The molecule has 2 amide bonds. The lowest BCUT2D eigenvalue weighted by Gasteiger charge is -2.25. The van der Waals surface area contributed by atoms with Crippen LogP contribution in [0.4, 0.5) is 11.4 Å². The van der Waals surface area contributed by atoms with E-state index in [-0.39, 0.29) is 17.4 Å². The van der Waals surface area contributed by atoms with Gasteiger partial charge < -0.3 is 20.4 Å². The van der Waals surface area contributed by atoms with Gasteiger partial charge in [0.25, 0.3) is 5.56 Å². The van der Waals surface area contributed by atoms with Crippen LogP contribution in [0.15, 0.2) is 47.3 Å². The summed E-state index contributed by atoms with van der Waals surface area (Å²) in [5.41, 5.74) is 4.00. The number of rotatable bonds is 9. The van der Waals surface area contributed by atoms with E-state index in [0.717, 1.165) is 75.4 Å². The van der Waals surface area contributed by atoms with Crippen molar-refractivity contribution in [2.24, 2.45) is 0 Å². The molecule has 238 valence electrons. The van der Waals surface area contributed by atoms with Crippen LogP contribution >= 0.6 is 0 Å². The summed E-state index contributed by atoms with van der Waals surface area (Å²) in [6.07, 6.45) is 13.2. The Balaban J connectivity index is 1.15. The first-order valence-corrected chi connectivity index (χ1v) is 16.9. The number of aromatic nitrogens is 2. The Morgan fingerprint density at radius 2 is 1.29 bits per heavy atom. The number of hydrogen-bond donors (Lipinski definition) is 2. The summed E-state index contributed by atoms with van der Waals surface area (Å²) in [5.74, 6) is 0.708. The van der Waals surface area contributed by atoms with E-state index >= 15 is 0 Å². The standard InChI is InChI=1S/C36H46N6O3/c43-33(16-23-40-18-4-1-5-19-40)37-29-12-10-27(11-13-29)25-28-9-3-8-22-42-35(28)39-32-26-30(14-15-31(32)36(42)45)38-34(44)17-24-41-20-6-2-7-21-41/h10-15,25-26H,1-9,16-24H2,(H,37,43)(H,38,44)/b28-25+. The monoisotopic (exact) mass is 610 g/mol. The van der Waals surface area contributed by atoms with E-state index in [1.54, 1.807) is 16.7 Å². The van der Waals surface area contributed by atoms with Crippen molar-refractivity contribution in [2.75, 3.05) is 49.9 Å². The Bertz CT molecular complexity index is 1580. The van der Waals surface area contributed by atoms with Crippen molar-refractivity contribution in [3.05, 3.63) is 64.2 Å². The van der Waals surface area contributed by atoms with Gasteiger partial charge in [-0.25, -0.2) is 4.98 Å². The fourth-order valence-corrected chi connectivity index (χ4v) is 6.78. The lowest BCUT2D eigenvalue weighted by atomic mass is 10.0. The smallest absolute Gasteiger partial charge is 0.261 e. The second-order valence-electron chi connectivity index (χ2n) is 12.8. The summed E-state index contributed by atoms with van der Waals surface area (Å²) in [6.45, 7) is 6.53. The van der Waals surface area contributed by atoms with Crippen LogP contribution in [-0.2, 0) is 16.1 Å². The zero-order valence-corrected chi connectivity index (χ0v) is 26.4. The third-order valence-electron chi connectivity index (χ3n) is 9.35. The largest absolute Gasteiger partial charge is 0.326 e. The molecule has 0 radical (unpaired) electrons. The van der Waals surface area contributed by atoms with Crippen LogP contribution in [0.5, 0.6) is 0 Å². The molecule has 0 aliphatic carbocycles. The summed E-state index contributed by atoms with van der Waals surface area (Å²) < 4.78 is 1.80. The van der Waals surface area contributed by atoms with Gasteiger partial charge in [0.2, 0.25) is 11.8 Å². The predicted molar refractivity (Wildman–Crippen MR) is 181 cm³/mol. The maximum absolute atomic E-state index is 13.6. The fraction of sp³-hybridized carbons (Fsp3) is 0.500. The number of likely N-dealkylation sites (tertiary alicyclic amines) is 2. The molecule has 3 aliphatic heterocycles. The van der Waals surface area contributed by atoms with Crippen LogP contribution < -0.4 is 16.2 Å². The Kier molecular flexibility index (Phi) is 10.4.